The lowest BCUT2D eigenvalue weighted by Gasteiger charge is -2.27. The van der Waals surface area contributed by atoms with Gasteiger partial charge >= 0.3 is 0 Å². The number of aryl methyl sites for hydroxylation is 1. The van der Waals surface area contributed by atoms with Crippen molar-refractivity contribution in [2.24, 2.45) is 11.5 Å². The normalized spacial score (nSPS) is 12.6. The highest BCUT2D eigenvalue weighted by atomic mass is 19.1. The summed E-state index contributed by atoms with van der Waals surface area (Å²) in [4.78, 5) is 20.5. The van der Waals surface area contributed by atoms with Crippen molar-refractivity contribution in [1.29, 1.82) is 0 Å². The Morgan fingerprint density at radius 3 is 2.21 bits per heavy atom. The number of nitrogens with one attached hydrogen (secondary N) is 2. The average Bonchev–Trinajstić information content (AvgIpc) is 2.84. The molecule has 6 N–H and O–H groups in total. The molecule has 8 heteroatoms. The van der Waals surface area contributed by atoms with E-state index in [1.165, 1.54) is 0 Å². The van der Waals surface area contributed by atoms with E-state index in [-0.39, 0.29) is 17.2 Å². The van der Waals surface area contributed by atoms with E-state index < -0.39 is 23.8 Å². The molecule has 172 valence electrons. The van der Waals surface area contributed by atoms with Crippen LogP contribution in [0.25, 0.3) is 0 Å². The SMILES string of the molecule is Cc1cncc(Nc2nc(NC(c3ccccc3)C(N)c3ccccc3)c(F)cc2C(N)=O)c1. The van der Waals surface area contributed by atoms with Crippen LogP contribution in [0, 0.1) is 12.7 Å². The van der Waals surface area contributed by atoms with E-state index in [9.17, 15) is 4.79 Å². The number of nitrogens with zero attached hydrogens (tertiary/aromatic N) is 2. The number of anilines is 3. The van der Waals surface area contributed by atoms with Gasteiger partial charge in [0.2, 0.25) is 0 Å². The van der Waals surface area contributed by atoms with Gasteiger partial charge in [0.05, 0.1) is 29.5 Å². The number of hydrogen-bond donors (Lipinski definition) is 4. The Balaban J connectivity index is 1.74. The fraction of sp³-hybridized carbons (Fsp3) is 0.115. The number of nitrogens with two attached hydrogens (primary N) is 2. The van der Waals surface area contributed by atoms with Gasteiger partial charge in [-0.05, 0) is 35.7 Å². The lowest BCUT2D eigenvalue weighted by molar-refractivity contribution is 0.100. The van der Waals surface area contributed by atoms with Gasteiger partial charge in [-0.15, -0.1) is 0 Å². The van der Waals surface area contributed by atoms with Gasteiger partial charge < -0.3 is 22.1 Å². The van der Waals surface area contributed by atoms with Crippen molar-refractivity contribution in [3.63, 3.8) is 0 Å². The van der Waals surface area contributed by atoms with Crippen molar-refractivity contribution in [3.05, 3.63) is 113 Å². The van der Waals surface area contributed by atoms with Crippen LogP contribution in [0.15, 0.2) is 85.2 Å². The molecule has 0 radical (unpaired) electrons. The number of pyridine rings is 2. The van der Waals surface area contributed by atoms with Crippen LogP contribution in [0.2, 0.25) is 0 Å². The molecule has 0 aliphatic rings. The first-order valence-corrected chi connectivity index (χ1v) is 10.7. The van der Waals surface area contributed by atoms with E-state index in [2.05, 4.69) is 20.6 Å². The summed E-state index contributed by atoms with van der Waals surface area (Å²) in [7, 11) is 0. The van der Waals surface area contributed by atoms with E-state index in [1.54, 1.807) is 12.4 Å². The van der Waals surface area contributed by atoms with Gasteiger partial charge in [0.25, 0.3) is 5.91 Å². The molecule has 7 nitrogen and oxygen atoms in total. The van der Waals surface area contributed by atoms with Gasteiger partial charge in [-0.2, -0.15) is 0 Å². The molecule has 2 aromatic carbocycles. The van der Waals surface area contributed by atoms with Gasteiger partial charge in [-0.25, -0.2) is 9.37 Å². The van der Waals surface area contributed by atoms with Gasteiger partial charge in [0.1, 0.15) is 5.82 Å². The van der Waals surface area contributed by atoms with E-state index in [4.69, 9.17) is 11.5 Å². The predicted molar refractivity (Wildman–Crippen MR) is 131 cm³/mol. The van der Waals surface area contributed by atoms with Crippen LogP contribution in [-0.2, 0) is 0 Å². The monoisotopic (exact) mass is 456 g/mol. The summed E-state index contributed by atoms with van der Waals surface area (Å²) in [6.07, 6.45) is 3.27. The maximum absolute atomic E-state index is 15.1. The number of primary amides is 1. The zero-order valence-electron chi connectivity index (χ0n) is 18.6. The minimum Gasteiger partial charge on any atom is -0.365 e. The molecule has 4 aromatic rings. The largest absolute Gasteiger partial charge is 0.365 e. The van der Waals surface area contributed by atoms with E-state index >= 15 is 4.39 Å². The standard InChI is InChI=1S/C26H25FN6O/c1-16-12-19(15-30-14-16)31-25-20(24(29)34)13-21(27)26(33-25)32-23(18-10-6-3-7-11-18)22(28)17-8-4-2-5-9-17/h2-15,22-23H,28H2,1H3,(H2,29,34)(H2,31,32,33). The molecule has 4 rings (SSSR count). The Kier molecular flexibility index (Phi) is 6.79. The molecule has 0 spiro atoms. The summed E-state index contributed by atoms with van der Waals surface area (Å²) in [5, 5.41) is 6.17. The zero-order chi connectivity index (χ0) is 24.1. The number of carbonyl (C=O) groups excluding carboxylic acids is 1. The highest BCUT2D eigenvalue weighted by Crippen LogP contribution is 2.32. The molecule has 2 heterocycles. The molecule has 1 amide bonds. The smallest absolute Gasteiger partial charge is 0.252 e. The van der Waals surface area contributed by atoms with Crippen molar-refractivity contribution < 1.29 is 9.18 Å². The number of hydrogen-bond acceptors (Lipinski definition) is 6. The first-order chi connectivity index (χ1) is 16.4. The lowest BCUT2D eigenvalue weighted by atomic mass is 9.94. The summed E-state index contributed by atoms with van der Waals surface area (Å²) < 4.78 is 15.1. The van der Waals surface area contributed by atoms with Gasteiger partial charge in [-0.1, -0.05) is 60.7 Å². The molecule has 0 saturated heterocycles. The molecule has 0 aliphatic heterocycles. The van der Waals surface area contributed by atoms with Crippen LogP contribution in [0.3, 0.4) is 0 Å². The maximum atomic E-state index is 15.1. The molecular weight excluding hydrogens is 431 g/mol. The minimum atomic E-state index is -0.804. The van der Waals surface area contributed by atoms with Crippen molar-refractivity contribution in [1.82, 2.24) is 9.97 Å². The zero-order valence-corrected chi connectivity index (χ0v) is 18.6. The van der Waals surface area contributed by atoms with Crippen LogP contribution in [0.4, 0.5) is 21.7 Å². The molecule has 34 heavy (non-hydrogen) atoms. The van der Waals surface area contributed by atoms with Crippen LogP contribution in [0.1, 0.15) is 39.1 Å². The maximum Gasteiger partial charge on any atom is 0.252 e. The molecular formula is C26H25FN6O. The highest BCUT2D eigenvalue weighted by molar-refractivity contribution is 5.98. The van der Waals surface area contributed by atoms with Crippen molar-refractivity contribution in [3.8, 4) is 0 Å². The van der Waals surface area contributed by atoms with Crippen molar-refractivity contribution in [2.45, 2.75) is 19.0 Å². The number of halogens is 1. The fourth-order valence-electron chi connectivity index (χ4n) is 3.69. The summed E-state index contributed by atoms with van der Waals surface area (Å²) in [6, 6.07) is 20.9. The Morgan fingerprint density at radius 1 is 0.941 bits per heavy atom. The van der Waals surface area contributed by atoms with E-state index in [0.717, 1.165) is 22.8 Å². The summed E-state index contributed by atoms with van der Waals surface area (Å²) >= 11 is 0. The molecule has 2 unspecified atom stereocenters. The first kappa shape index (κ1) is 22.9. The number of aromatic nitrogens is 2. The highest BCUT2D eigenvalue weighted by Gasteiger charge is 2.24. The van der Waals surface area contributed by atoms with Crippen molar-refractivity contribution >= 4 is 23.2 Å². The van der Waals surface area contributed by atoms with Gasteiger partial charge in [0, 0.05) is 6.20 Å². The topological polar surface area (TPSA) is 119 Å². The van der Waals surface area contributed by atoms with Crippen molar-refractivity contribution in [2.75, 3.05) is 10.6 Å². The predicted octanol–water partition coefficient (Wildman–Crippen LogP) is 4.62. The Labute approximate surface area is 197 Å². The third-order valence-corrected chi connectivity index (χ3v) is 5.37. The summed E-state index contributed by atoms with van der Waals surface area (Å²) in [6.45, 7) is 1.88. The number of carbonyl (C=O) groups is 1. The van der Waals surface area contributed by atoms with Crippen LogP contribution >= 0.6 is 0 Å². The molecule has 0 bridgehead atoms. The second-order valence-electron chi connectivity index (χ2n) is 7.92. The second-order valence-corrected chi connectivity index (χ2v) is 7.92. The average molecular weight is 457 g/mol. The quantitative estimate of drug-likeness (QED) is 0.307. The van der Waals surface area contributed by atoms with Crippen LogP contribution < -0.4 is 22.1 Å². The summed E-state index contributed by atoms with van der Waals surface area (Å²) in [5.74, 6) is -1.47. The second kappa shape index (κ2) is 10.1. The number of benzene rings is 2. The molecule has 0 saturated carbocycles. The molecule has 2 atom stereocenters. The van der Waals surface area contributed by atoms with E-state index in [1.807, 2.05) is 73.7 Å². The Hall–Kier alpha value is -4.30. The number of amides is 1. The third kappa shape index (κ3) is 5.19. The van der Waals surface area contributed by atoms with Crippen LogP contribution in [0.5, 0.6) is 0 Å². The first-order valence-electron chi connectivity index (χ1n) is 10.7. The van der Waals surface area contributed by atoms with Crippen LogP contribution in [-0.4, -0.2) is 15.9 Å². The molecule has 0 aliphatic carbocycles. The van der Waals surface area contributed by atoms with E-state index in [0.29, 0.717) is 5.69 Å². The van der Waals surface area contributed by atoms with Gasteiger partial charge in [0.15, 0.2) is 11.6 Å². The Morgan fingerprint density at radius 2 is 1.59 bits per heavy atom. The van der Waals surface area contributed by atoms with Gasteiger partial charge in [-0.3, -0.25) is 9.78 Å². The Bertz CT molecular complexity index is 1280. The third-order valence-electron chi connectivity index (χ3n) is 5.37. The lowest BCUT2D eigenvalue weighted by Crippen LogP contribution is -2.27. The fourth-order valence-corrected chi connectivity index (χ4v) is 3.69. The summed E-state index contributed by atoms with van der Waals surface area (Å²) in [5.41, 5.74) is 15.3. The molecule has 2 aromatic heterocycles. The minimum absolute atomic E-state index is 0.0617. The molecule has 0 fully saturated rings. The number of rotatable bonds is 8.